The summed E-state index contributed by atoms with van der Waals surface area (Å²) >= 11 is 0. The number of halogens is 2. The molecule has 2 saturated heterocycles. The second kappa shape index (κ2) is 5.48. The first kappa shape index (κ1) is 16.9. The van der Waals surface area contributed by atoms with Gasteiger partial charge in [0.2, 0.25) is 15.9 Å². The van der Waals surface area contributed by atoms with Crippen LogP contribution in [0.4, 0.5) is 14.5 Å². The molecule has 2 atom stereocenters. The van der Waals surface area contributed by atoms with Crippen molar-refractivity contribution in [3.63, 3.8) is 0 Å². The summed E-state index contributed by atoms with van der Waals surface area (Å²) in [5.74, 6) is -1.89. The van der Waals surface area contributed by atoms with Gasteiger partial charge in [-0.15, -0.1) is 0 Å². The molecule has 1 aromatic rings. The molecule has 0 radical (unpaired) electrons. The zero-order chi connectivity index (χ0) is 18.0. The Morgan fingerprint density at radius 1 is 1.20 bits per heavy atom. The van der Waals surface area contributed by atoms with Crippen molar-refractivity contribution in [2.24, 2.45) is 0 Å². The Kier molecular flexibility index (Phi) is 3.70. The molecule has 1 aromatic carbocycles. The number of nitrogens with zero attached hydrogens (tertiary/aromatic N) is 2. The van der Waals surface area contributed by atoms with Crippen molar-refractivity contribution in [1.82, 2.24) is 4.31 Å². The first-order valence-corrected chi connectivity index (χ1v) is 10.1. The van der Waals surface area contributed by atoms with Crippen molar-refractivity contribution >= 4 is 21.6 Å². The van der Waals surface area contributed by atoms with Crippen molar-refractivity contribution in [2.45, 2.75) is 49.8 Å². The van der Waals surface area contributed by atoms with E-state index in [9.17, 15) is 22.0 Å². The lowest BCUT2D eigenvalue weighted by molar-refractivity contribution is -0.118. The largest absolute Gasteiger partial charge is 0.308 e. The van der Waals surface area contributed by atoms with E-state index in [0.717, 1.165) is 29.9 Å². The molecule has 0 saturated carbocycles. The molecule has 0 aliphatic carbocycles. The number of anilines is 1. The van der Waals surface area contributed by atoms with Gasteiger partial charge in [0.15, 0.2) is 5.25 Å². The standard InChI is InChI=1S/C17H20F2N2O3S/c1-17-7-3-9-21(17)25(23,24)14(10-17)16(22)20-8-2-4-11-12(18)5-6-13(19)15(11)20/h5-6,14H,2-4,7-10H2,1H3/t14-,17+/m0/s1. The van der Waals surface area contributed by atoms with Crippen molar-refractivity contribution < 1.29 is 22.0 Å². The number of carbonyl (C=O) groups excluding carboxylic acids is 1. The number of carbonyl (C=O) groups is 1. The Morgan fingerprint density at radius 2 is 1.92 bits per heavy atom. The van der Waals surface area contributed by atoms with Gasteiger partial charge in [-0.1, -0.05) is 0 Å². The summed E-state index contributed by atoms with van der Waals surface area (Å²) < 4.78 is 55.5. The van der Waals surface area contributed by atoms with E-state index < -0.39 is 38.4 Å². The third-order valence-corrected chi connectivity index (χ3v) is 8.09. The fourth-order valence-corrected chi connectivity index (χ4v) is 6.96. The lowest BCUT2D eigenvalue weighted by atomic mass is 9.93. The maximum atomic E-state index is 14.3. The highest BCUT2D eigenvalue weighted by molar-refractivity contribution is 7.90. The molecule has 0 aromatic heterocycles. The highest BCUT2D eigenvalue weighted by Gasteiger charge is 2.58. The van der Waals surface area contributed by atoms with Gasteiger partial charge in [0, 0.05) is 24.2 Å². The van der Waals surface area contributed by atoms with Gasteiger partial charge in [0.25, 0.3) is 0 Å². The molecule has 0 bridgehead atoms. The molecule has 0 N–H and O–H groups in total. The summed E-state index contributed by atoms with van der Waals surface area (Å²) in [6.45, 7) is 2.48. The van der Waals surface area contributed by atoms with Gasteiger partial charge in [-0.05, 0) is 51.2 Å². The van der Waals surface area contributed by atoms with E-state index >= 15 is 0 Å². The summed E-state index contributed by atoms with van der Waals surface area (Å²) in [5, 5.41) is -1.22. The normalized spacial score (nSPS) is 31.0. The first-order chi connectivity index (χ1) is 11.8. The van der Waals surface area contributed by atoms with Crippen LogP contribution >= 0.6 is 0 Å². The van der Waals surface area contributed by atoms with Crippen LogP contribution in [0.15, 0.2) is 12.1 Å². The molecule has 0 spiro atoms. The van der Waals surface area contributed by atoms with Crippen LogP contribution in [0.2, 0.25) is 0 Å². The maximum Gasteiger partial charge on any atom is 0.246 e. The van der Waals surface area contributed by atoms with Crippen LogP contribution < -0.4 is 4.90 Å². The summed E-state index contributed by atoms with van der Waals surface area (Å²) in [4.78, 5) is 14.2. The molecular formula is C17H20F2N2O3S. The third-order valence-electron chi connectivity index (χ3n) is 5.77. The number of hydrogen-bond acceptors (Lipinski definition) is 3. The summed E-state index contributed by atoms with van der Waals surface area (Å²) in [7, 11) is -3.77. The Morgan fingerprint density at radius 3 is 2.64 bits per heavy atom. The van der Waals surface area contributed by atoms with E-state index in [1.54, 1.807) is 0 Å². The van der Waals surface area contributed by atoms with Crippen molar-refractivity contribution in [1.29, 1.82) is 0 Å². The van der Waals surface area contributed by atoms with E-state index in [-0.39, 0.29) is 24.2 Å². The molecule has 136 valence electrons. The molecule has 3 aliphatic heterocycles. The highest BCUT2D eigenvalue weighted by Crippen LogP contribution is 2.45. The smallest absolute Gasteiger partial charge is 0.246 e. The number of amides is 1. The Labute approximate surface area is 145 Å². The zero-order valence-electron chi connectivity index (χ0n) is 14.0. The molecule has 4 rings (SSSR count). The monoisotopic (exact) mass is 370 g/mol. The lowest BCUT2D eigenvalue weighted by Gasteiger charge is -2.31. The lowest BCUT2D eigenvalue weighted by Crippen LogP contribution is -2.46. The van der Waals surface area contributed by atoms with Crippen LogP contribution in [0, 0.1) is 11.6 Å². The topological polar surface area (TPSA) is 57.7 Å². The van der Waals surface area contributed by atoms with E-state index in [1.807, 2.05) is 6.92 Å². The summed E-state index contributed by atoms with van der Waals surface area (Å²) in [6.07, 6.45) is 2.52. The van der Waals surface area contributed by atoms with Crippen molar-refractivity contribution in [3.8, 4) is 0 Å². The van der Waals surface area contributed by atoms with Gasteiger partial charge in [-0.3, -0.25) is 4.79 Å². The number of sulfonamides is 1. The van der Waals surface area contributed by atoms with Crippen molar-refractivity contribution in [2.75, 3.05) is 18.0 Å². The first-order valence-electron chi connectivity index (χ1n) is 8.56. The van der Waals surface area contributed by atoms with Crippen LogP contribution in [0.1, 0.15) is 38.2 Å². The van der Waals surface area contributed by atoms with Gasteiger partial charge < -0.3 is 4.90 Å². The predicted octanol–water partition coefficient (Wildman–Crippen LogP) is 2.20. The van der Waals surface area contributed by atoms with Gasteiger partial charge in [0.05, 0.1) is 5.69 Å². The molecule has 1 amide bonds. The fourth-order valence-electron chi connectivity index (χ4n) is 4.54. The average molecular weight is 370 g/mol. The van der Waals surface area contributed by atoms with Gasteiger partial charge in [0.1, 0.15) is 11.6 Å². The number of rotatable bonds is 1. The molecule has 5 nitrogen and oxygen atoms in total. The zero-order valence-corrected chi connectivity index (χ0v) is 14.8. The van der Waals surface area contributed by atoms with Gasteiger partial charge >= 0.3 is 0 Å². The van der Waals surface area contributed by atoms with E-state index in [0.29, 0.717) is 19.4 Å². The Balaban J connectivity index is 1.74. The van der Waals surface area contributed by atoms with Crippen molar-refractivity contribution in [3.05, 3.63) is 29.3 Å². The van der Waals surface area contributed by atoms with E-state index in [1.165, 1.54) is 4.31 Å². The summed E-state index contributed by atoms with van der Waals surface area (Å²) in [6, 6.07) is 2.04. The van der Waals surface area contributed by atoms with Crippen LogP contribution in [0.25, 0.3) is 0 Å². The molecular weight excluding hydrogens is 350 g/mol. The van der Waals surface area contributed by atoms with Crippen LogP contribution in [-0.4, -0.2) is 42.5 Å². The number of benzene rings is 1. The average Bonchev–Trinajstić information content (AvgIpc) is 3.05. The maximum absolute atomic E-state index is 14.3. The predicted molar refractivity (Wildman–Crippen MR) is 88.7 cm³/mol. The minimum Gasteiger partial charge on any atom is -0.308 e. The Bertz CT molecular complexity index is 858. The molecule has 8 heteroatoms. The molecule has 3 heterocycles. The van der Waals surface area contributed by atoms with Crippen LogP contribution in [0.5, 0.6) is 0 Å². The number of hydrogen-bond donors (Lipinski definition) is 0. The van der Waals surface area contributed by atoms with Crippen LogP contribution in [0.3, 0.4) is 0 Å². The SMILES string of the molecule is C[C@]12CCCN1S(=O)(=O)[C@H](C(=O)N1CCCc3c(F)ccc(F)c31)C2. The van der Waals surface area contributed by atoms with E-state index in [2.05, 4.69) is 0 Å². The highest BCUT2D eigenvalue weighted by atomic mass is 32.2. The van der Waals surface area contributed by atoms with E-state index in [4.69, 9.17) is 0 Å². The third kappa shape index (κ3) is 2.33. The molecule has 25 heavy (non-hydrogen) atoms. The van der Waals surface area contributed by atoms with Crippen LogP contribution in [-0.2, 0) is 21.2 Å². The minimum absolute atomic E-state index is 0.0938. The molecule has 2 fully saturated rings. The molecule has 0 unspecified atom stereocenters. The fraction of sp³-hybridized carbons (Fsp3) is 0.588. The second-order valence-corrected chi connectivity index (χ2v) is 9.40. The number of fused-ring (bicyclic) bond motifs is 2. The van der Waals surface area contributed by atoms with Gasteiger partial charge in [-0.25, -0.2) is 17.2 Å². The summed E-state index contributed by atoms with van der Waals surface area (Å²) in [5.41, 5.74) is -0.483. The molecule has 3 aliphatic rings. The minimum atomic E-state index is -3.77. The Hall–Kier alpha value is -1.54. The second-order valence-electron chi connectivity index (χ2n) is 7.36. The van der Waals surface area contributed by atoms with Gasteiger partial charge in [-0.2, -0.15) is 4.31 Å². The quantitative estimate of drug-likeness (QED) is 0.762.